The summed E-state index contributed by atoms with van der Waals surface area (Å²) in [7, 11) is 8.44. The Morgan fingerprint density at radius 1 is 0.923 bits per heavy atom. The van der Waals surface area contributed by atoms with Crippen LogP contribution in [0.3, 0.4) is 0 Å². The molecular weight excluding hydrogens is 318 g/mol. The van der Waals surface area contributed by atoms with Crippen LogP contribution in [0.15, 0.2) is 42.5 Å². The molecule has 0 spiro atoms. The number of aromatic nitrogens is 1. The molecule has 0 bridgehead atoms. The zero-order valence-electron chi connectivity index (χ0n) is 17.0. The van der Waals surface area contributed by atoms with E-state index < -0.39 is 0 Å². The summed E-state index contributed by atoms with van der Waals surface area (Å²) in [6.07, 6.45) is 2.42. The van der Waals surface area contributed by atoms with Crippen LogP contribution >= 0.6 is 0 Å². The van der Waals surface area contributed by atoms with Gasteiger partial charge in [-0.15, -0.1) is 0 Å². The van der Waals surface area contributed by atoms with Crippen LogP contribution < -0.4 is 9.80 Å². The van der Waals surface area contributed by atoms with Crippen LogP contribution in [0.5, 0.6) is 0 Å². The molecule has 0 aliphatic carbocycles. The lowest BCUT2D eigenvalue weighted by atomic mass is 9.99. The summed E-state index contributed by atoms with van der Waals surface area (Å²) in [5.41, 5.74) is 7.87. The third-order valence-electron chi connectivity index (χ3n) is 5.21. The minimum Gasteiger partial charge on any atom is -0.378 e. The number of unbranched alkanes of at least 4 members (excludes halogenated alkanes) is 1. The highest BCUT2D eigenvalue weighted by molar-refractivity contribution is 6.01. The smallest absolute Gasteiger partial charge is 0.0488 e. The lowest BCUT2D eigenvalue weighted by Gasteiger charge is -2.22. The third kappa shape index (κ3) is 3.18. The van der Waals surface area contributed by atoms with E-state index in [0.717, 1.165) is 6.54 Å². The molecule has 3 rings (SSSR count). The van der Waals surface area contributed by atoms with Crippen molar-refractivity contribution in [3.05, 3.63) is 48.2 Å². The zero-order valence-corrected chi connectivity index (χ0v) is 17.0. The van der Waals surface area contributed by atoms with Gasteiger partial charge in [-0.3, -0.25) is 0 Å². The number of rotatable bonds is 6. The lowest BCUT2D eigenvalue weighted by molar-refractivity contribution is 0.638. The molecule has 3 heteroatoms. The van der Waals surface area contributed by atoms with E-state index in [9.17, 15) is 0 Å². The van der Waals surface area contributed by atoms with Crippen LogP contribution in [-0.2, 0) is 6.54 Å². The molecule has 0 radical (unpaired) electrons. The van der Waals surface area contributed by atoms with E-state index in [0.29, 0.717) is 0 Å². The molecule has 0 amide bonds. The molecule has 0 aliphatic rings. The van der Waals surface area contributed by atoms with Gasteiger partial charge in [0.15, 0.2) is 0 Å². The molecule has 2 aromatic carbocycles. The Morgan fingerprint density at radius 2 is 1.65 bits per heavy atom. The Bertz CT molecular complexity index is 903. The summed E-state index contributed by atoms with van der Waals surface area (Å²) >= 11 is 0. The first kappa shape index (κ1) is 18.4. The van der Waals surface area contributed by atoms with Crippen molar-refractivity contribution in [3.63, 3.8) is 0 Å². The average Bonchev–Trinajstić information content (AvgIpc) is 2.90. The molecule has 3 aromatic rings. The van der Waals surface area contributed by atoms with Gasteiger partial charge in [0.1, 0.15) is 0 Å². The topological polar surface area (TPSA) is 11.4 Å². The summed E-state index contributed by atoms with van der Waals surface area (Å²) in [5.74, 6) is 0. The highest BCUT2D eigenvalue weighted by Gasteiger charge is 2.19. The first-order chi connectivity index (χ1) is 12.5. The Labute approximate surface area is 157 Å². The van der Waals surface area contributed by atoms with E-state index in [1.54, 1.807) is 0 Å². The molecule has 26 heavy (non-hydrogen) atoms. The third-order valence-corrected chi connectivity index (χ3v) is 5.21. The zero-order chi connectivity index (χ0) is 18.8. The first-order valence-electron chi connectivity index (χ1n) is 9.52. The van der Waals surface area contributed by atoms with E-state index in [-0.39, 0.29) is 0 Å². The standard InChI is InChI=1S/C23H31N3/c1-7-8-15-26-17(2)23(19-11-9-10-12-21(19)26)20-14-13-18(24(3)4)16-22(20)25(5)6/h9-14,16H,7-8,15H2,1-6H3. The Balaban J connectivity index is 2.27. The Morgan fingerprint density at radius 3 is 2.31 bits per heavy atom. The highest BCUT2D eigenvalue weighted by Crippen LogP contribution is 2.40. The molecule has 0 N–H and O–H groups in total. The number of hydrogen-bond acceptors (Lipinski definition) is 2. The van der Waals surface area contributed by atoms with E-state index in [1.807, 2.05) is 0 Å². The van der Waals surface area contributed by atoms with Crippen molar-refractivity contribution in [3.8, 4) is 11.1 Å². The van der Waals surface area contributed by atoms with Gasteiger partial charge in [-0.05, 0) is 31.5 Å². The lowest BCUT2D eigenvalue weighted by Crippen LogP contribution is -2.13. The quantitative estimate of drug-likeness (QED) is 0.578. The Kier molecular flexibility index (Phi) is 5.26. The van der Waals surface area contributed by atoms with Gasteiger partial charge >= 0.3 is 0 Å². The van der Waals surface area contributed by atoms with Crippen molar-refractivity contribution >= 4 is 22.3 Å². The molecule has 3 nitrogen and oxygen atoms in total. The van der Waals surface area contributed by atoms with Crippen LogP contribution in [0.4, 0.5) is 11.4 Å². The Hall–Kier alpha value is -2.42. The molecule has 0 fully saturated rings. The van der Waals surface area contributed by atoms with Crippen LogP contribution in [0.2, 0.25) is 0 Å². The van der Waals surface area contributed by atoms with E-state index in [4.69, 9.17) is 0 Å². The number of nitrogens with zero attached hydrogens (tertiary/aromatic N) is 3. The van der Waals surface area contributed by atoms with Gasteiger partial charge in [0.2, 0.25) is 0 Å². The minimum absolute atomic E-state index is 1.08. The number of benzene rings is 2. The maximum Gasteiger partial charge on any atom is 0.0488 e. The maximum absolute atomic E-state index is 2.49. The number of anilines is 2. The predicted octanol–water partition coefficient (Wildman–Crippen LogP) is 5.55. The van der Waals surface area contributed by atoms with Gasteiger partial charge in [-0.1, -0.05) is 37.6 Å². The number of hydrogen-bond donors (Lipinski definition) is 0. The first-order valence-corrected chi connectivity index (χ1v) is 9.52. The molecule has 0 unspecified atom stereocenters. The number of para-hydroxylation sites is 1. The van der Waals surface area contributed by atoms with Gasteiger partial charge < -0.3 is 14.4 Å². The van der Waals surface area contributed by atoms with Crippen molar-refractivity contribution in [2.24, 2.45) is 0 Å². The normalized spacial score (nSPS) is 11.2. The second-order valence-corrected chi connectivity index (χ2v) is 7.47. The monoisotopic (exact) mass is 349 g/mol. The van der Waals surface area contributed by atoms with Gasteiger partial charge in [0, 0.05) is 73.8 Å². The summed E-state index contributed by atoms with van der Waals surface area (Å²) in [6.45, 7) is 5.60. The number of aryl methyl sites for hydroxylation is 1. The van der Waals surface area contributed by atoms with Crippen LogP contribution in [0, 0.1) is 6.92 Å². The van der Waals surface area contributed by atoms with Crippen LogP contribution in [0.25, 0.3) is 22.0 Å². The van der Waals surface area contributed by atoms with Gasteiger partial charge in [0.05, 0.1) is 0 Å². The summed E-state index contributed by atoms with van der Waals surface area (Å²) in [5, 5.41) is 1.35. The molecular formula is C23H31N3. The van der Waals surface area contributed by atoms with Gasteiger partial charge in [-0.2, -0.15) is 0 Å². The minimum atomic E-state index is 1.08. The van der Waals surface area contributed by atoms with Crippen LogP contribution in [0.1, 0.15) is 25.5 Å². The maximum atomic E-state index is 2.49. The van der Waals surface area contributed by atoms with Gasteiger partial charge in [-0.25, -0.2) is 0 Å². The molecule has 0 atom stereocenters. The molecule has 1 aromatic heterocycles. The molecule has 138 valence electrons. The second kappa shape index (κ2) is 7.45. The van der Waals surface area contributed by atoms with Crippen LogP contribution in [-0.4, -0.2) is 32.8 Å². The van der Waals surface area contributed by atoms with E-state index in [2.05, 4.69) is 98.9 Å². The predicted molar refractivity (Wildman–Crippen MR) is 116 cm³/mol. The summed E-state index contributed by atoms with van der Waals surface area (Å²) < 4.78 is 2.49. The summed E-state index contributed by atoms with van der Waals surface area (Å²) in [6, 6.07) is 15.6. The molecule has 0 aliphatic heterocycles. The van der Waals surface area contributed by atoms with Crippen molar-refractivity contribution < 1.29 is 0 Å². The number of fused-ring (bicyclic) bond motifs is 1. The largest absolute Gasteiger partial charge is 0.378 e. The van der Waals surface area contributed by atoms with Crippen molar-refractivity contribution in [1.82, 2.24) is 4.57 Å². The SMILES string of the molecule is CCCCn1c(C)c(-c2ccc(N(C)C)cc2N(C)C)c2ccccc21. The average molecular weight is 350 g/mol. The molecule has 0 saturated heterocycles. The highest BCUT2D eigenvalue weighted by atomic mass is 15.1. The van der Waals surface area contributed by atoms with Crippen molar-refractivity contribution in [1.29, 1.82) is 0 Å². The fourth-order valence-electron chi connectivity index (χ4n) is 3.75. The fraction of sp³-hybridized carbons (Fsp3) is 0.391. The second-order valence-electron chi connectivity index (χ2n) is 7.47. The molecule has 1 heterocycles. The van der Waals surface area contributed by atoms with Crippen molar-refractivity contribution in [2.75, 3.05) is 38.0 Å². The van der Waals surface area contributed by atoms with E-state index >= 15 is 0 Å². The summed E-state index contributed by atoms with van der Waals surface area (Å²) in [4.78, 5) is 4.38. The molecule has 0 saturated carbocycles. The fourth-order valence-corrected chi connectivity index (χ4v) is 3.75. The van der Waals surface area contributed by atoms with E-state index in [1.165, 1.54) is 51.9 Å². The van der Waals surface area contributed by atoms with Crippen molar-refractivity contribution in [2.45, 2.75) is 33.2 Å². The van der Waals surface area contributed by atoms with Gasteiger partial charge in [0.25, 0.3) is 0 Å².